The second-order valence-electron chi connectivity index (χ2n) is 1.63. The molecule has 0 bridgehead atoms. The summed E-state index contributed by atoms with van der Waals surface area (Å²) in [6.45, 7) is 0. The van der Waals surface area contributed by atoms with E-state index in [1.165, 1.54) is 0 Å². The minimum absolute atomic E-state index is 0.185. The average molecular weight is 164 g/mol. The lowest BCUT2D eigenvalue weighted by Gasteiger charge is -1.94. The van der Waals surface area contributed by atoms with E-state index in [1.807, 2.05) is 0 Å². The highest BCUT2D eigenvalue weighted by Gasteiger charge is 2.39. The largest absolute Gasteiger partial charge is 0.428 e. The van der Waals surface area contributed by atoms with E-state index in [0.717, 1.165) is 6.26 Å². The van der Waals surface area contributed by atoms with E-state index >= 15 is 0 Å². The second kappa shape index (κ2) is 2.26. The first-order valence-electron chi connectivity index (χ1n) is 2.32. The lowest BCUT2D eigenvalue weighted by Crippen LogP contribution is -2.26. The van der Waals surface area contributed by atoms with Crippen molar-refractivity contribution in [1.29, 1.82) is 0 Å². The fourth-order valence-corrected chi connectivity index (χ4v) is 0.756. The van der Waals surface area contributed by atoms with Crippen LogP contribution in [0.5, 0.6) is 0 Å². The van der Waals surface area contributed by atoms with Crippen molar-refractivity contribution in [3.05, 3.63) is 21.4 Å². The molecular formula is C4H2ClNO4. The van der Waals surface area contributed by atoms with Gasteiger partial charge in [0.05, 0.1) is 0 Å². The van der Waals surface area contributed by atoms with Crippen molar-refractivity contribution >= 4 is 17.6 Å². The highest BCUT2D eigenvalue weighted by atomic mass is 35.5. The molecule has 0 aromatic rings. The van der Waals surface area contributed by atoms with Gasteiger partial charge in [-0.05, 0) is 0 Å². The van der Waals surface area contributed by atoms with Crippen LogP contribution in [0, 0.1) is 10.1 Å². The third-order valence-electron chi connectivity index (χ3n) is 0.983. The van der Waals surface area contributed by atoms with Gasteiger partial charge in [0.15, 0.2) is 0 Å². The highest BCUT2D eigenvalue weighted by molar-refractivity contribution is 6.32. The molecular weight excluding hydrogens is 161 g/mol. The van der Waals surface area contributed by atoms with Crippen LogP contribution in [-0.4, -0.2) is 16.9 Å². The monoisotopic (exact) mass is 163 g/mol. The predicted octanol–water partition coefficient (Wildman–Crippen LogP) is 0.269. The molecule has 0 aliphatic carbocycles. The molecule has 1 unspecified atom stereocenters. The number of nitrogens with zero attached hydrogens (tertiary/aromatic N) is 1. The smallest absolute Gasteiger partial charge is 0.392 e. The summed E-state index contributed by atoms with van der Waals surface area (Å²) >= 11 is 5.24. The maximum Gasteiger partial charge on any atom is 0.392 e. The zero-order chi connectivity index (χ0) is 7.72. The van der Waals surface area contributed by atoms with E-state index in [0.29, 0.717) is 0 Å². The highest BCUT2D eigenvalue weighted by Crippen LogP contribution is 2.18. The van der Waals surface area contributed by atoms with Crippen molar-refractivity contribution in [3.8, 4) is 0 Å². The van der Waals surface area contributed by atoms with Crippen molar-refractivity contribution in [1.82, 2.24) is 0 Å². The normalized spacial score (nSPS) is 23.9. The fourth-order valence-electron chi connectivity index (χ4n) is 0.543. The minimum atomic E-state index is -1.51. The van der Waals surface area contributed by atoms with E-state index in [-0.39, 0.29) is 5.03 Å². The first-order chi connectivity index (χ1) is 4.63. The molecule has 5 nitrogen and oxygen atoms in total. The van der Waals surface area contributed by atoms with Crippen molar-refractivity contribution in [2.75, 3.05) is 0 Å². The van der Waals surface area contributed by atoms with Gasteiger partial charge in [0, 0.05) is 4.92 Å². The molecule has 0 spiro atoms. The molecule has 1 rings (SSSR count). The Bertz CT molecular complexity index is 223. The number of cyclic esters (lactones) is 1. The van der Waals surface area contributed by atoms with Crippen LogP contribution >= 0.6 is 11.6 Å². The van der Waals surface area contributed by atoms with Crippen LogP contribution in [0.2, 0.25) is 0 Å². The van der Waals surface area contributed by atoms with Crippen LogP contribution in [-0.2, 0) is 9.53 Å². The Hall–Kier alpha value is -1.10. The van der Waals surface area contributed by atoms with Gasteiger partial charge in [0.25, 0.3) is 0 Å². The summed E-state index contributed by atoms with van der Waals surface area (Å²) in [6.07, 6.45) is 0.872. The van der Waals surface area contributed by atoms with Crippen LogP contribution in [0.15, 0.2) is 11.3 Å². The maximum atomic E-state index is 10.4. The lowest BCUT2D eigenvalue weighted by atomic mass is 10.3. The van der Waals surface area contributed by atoms with E-state index < -0.39 is 16.9 Å². The number of ether oxygens (including phenoxy) is 1. The zero-order valence-corrected chi connectivity index (χ0v) is 5.37. The minimum Gasteiger partial charge on any atom is -0.428 e. The number of esters is 1. The fraction of sp³-hybridized carbons (Fsp3) is 0.250. The van der Waals surface area contributed by atoms with Gasteiger partial charge in [0.2, 0.25) is 0 Å². The van der Waals surface area contributed by atoms with Crippen LogP contribution in [0.4, 0.5) is 0 Å². The summed E-state index contributed by atoms with van der Waals surface area (Å²) in [4.78, 5) is 19.6. The van der Waals surface area contributed by atoms with E-state index in [4.69, 9.17) is 11.6 Å². The number of halogens is 1. The van der Waals surface area contributed by atoms with Gasteiger partial charge in [-0.2, -0.15) is 0 Å². The molecule has 0 fully saturated rings. The van der Waals surface area contributed by atoms with Crippen LogP contribution in [0.25, 0.3) is 0 Å². The van der Waals surface area contributed by atoms with Crippen LogP contribution in [0.1, 0.15) is 0 Å². The van der Waals surface area contributed by atoms with Crippen LogP contribution < -0.4 is 0 Å². The zero-order valence-electron chi connectivity index (χ0n) is 4.61. The Morgan fingerprint density at radius 3 is 2.60 bits per heavy atom. The SMILES string of the molecule is O=C1OC=C(Cl)C1[N+](=O)[O-]. The lowest BCUT2D eigenvalue weighted by molar-refractivity contribution is -0.496. The van der Waals surface area contributed by atoms with Gasteiger partial charge in [-0.1, -0.05) is 11.6 Å². The number of nitro groups is 1. The summed E-state index contributed by atoms with van der Waals surface area (Å²) in [6, 6.07) is -1.51. The molecule has 54 valence electrons. The molecule has 0 N–H and O–H groups in total. The second-order valence-corrected chi connectivity index (χ2v) is 2.06. The van der Waals surface area contributed by atoms with E-state index in [9.17, 15) is 14.9 Å². The van der Waals surface area contributed by atoms with Gasteiger partial charge >= 0.3 is 12.0 Å². The molecule has 0 aromatic heterocycles. The molecule has 0 aromatic carbocycles. The van der Waals surface area contributed by atoms with Crippen molar-refractivity contribution in [3.63, 3.8) is 0 Å². The van der Waals surface area contributed by atoms with Crippen LogP contribution in [0.3, 0.4) is 0 Å². The number of carbonyl (C=O) groups excluding carboxylic acids is 1. The van der Waals surface area contributed by atoms with Crippen molar-refractivity contribution < 1.29 is 14.5 Å². The third kappa shape index (κ3) is 0.950. The molecule has 1 aliphatic heterocycles. The Morgan fingerprint density at radius 1 is 1.80 bits per heavy atom. The van der Waals surface area contributed by atoms with Gasteiger partial charge < -0.3 is 4.74 Å². The molecule has 10 heavy (non-hydrogen) atoms. The quantitative estimate of drug-likeness (QED) is 0.316. The topological polar surface area (TPSA) is 69.4 Å². The Labute approximate surface area is 60.4 Å². The molecule has 0 saturated carbocycles. The summed E-state index contributed by atoms with van der Waals surface area (Å²) < 4.78 is 4.16. The molecule has 1 atom stereocenters. The average Bonchev–Trinajstić information content (AvgIpc) is 2.11. The number of rotatable bonds is 1. The standard InChI is InChI=1S/C4H2ClNO4/c5-2-1-10-4(7)3(2)6(8)9/h1,3H. The first kappa shape index (κ1) is 7.01. The van der Waals surface area contributed by atoms with Crippen molar-refractivity contribution in [2.45, 2.75) is 6.04 Å². The first-order valence-corrected chi connectivity index (χ1v) is 2.70. The number of hydrogen-bond donors (Lipinski definition) is 0. The van der Waals surface area contributed by atoms with Gasteiger partial charge in [-0.15, -0.1) is 0 Å². The van der Waals surface area contributed by atoms with Crippen molar-refractivity contribution in [2.24, 2.45) is 0 Å². The Morgan fingerprint density at radius 2 is 2.40 bits per heavy atom. The summed E-state index contributed by atoms with van der Waals surface area (Å²) in [5, 5.41) is 9.82. The third-order valence-corrected chi connectivity index (χ3v) is 1.28. The maximum absolute atomic E-state index is 10.4. The molecule has 0 radical (unpaired) electrons. The molecule has 0 amide bonds. The molecule has 0 saturated heterocycles. The van der Waals surface area contributed by atoms with Gasteiger partial charge in [-0.25, -0.2) is 4.79 Å². The molecule has 1 heterocycles. The predicted molar refractivity (Wildman–Crippen MR) is 30.8 cm³/mol. The summed E-state index contributed by atoms with van der Waals surface area (Å²) in [7, 11) is 0. The van der Waals surface area contributed by atoms with E-state index in [2.05, 4.69) is 4.74 Å². The number of carbonyl (C=O) groups is 1. The molecule has 6 heteroatoms. The van der Waals surface area contributed by atoms with E-state index in [1.54, 1.807) is 0 Å². The van der Waals surface area contributed by atoms with Gasteiger partial charge in [0.1, 0.15) is 11.3 Å². The Balaban J connectivity index is 2.84. The molecule has 1 aliphatic rings. The summed E-state index contributed by atoms with van der Waals surface area (Å²) in [5.41, 5.74) is 0. The summed E-state index contributed by atoms with van der Waals surface area (Å²) in [5.74, 6) is -0.935. The van der Waals surface area contributed by atoms with Gasteiger partial charge in [-0.3, -0.25) is 10.1 Å². The Kier molecular flexibility index (Phi) is 1.58. The number of hydrogen-bond acceptors (Lipinski definition) is 4.